The van der Waals surface area contributed by atoms with Crippen LogP contribution in [0.2, 0.25) is 5.02 Å². The average Bonchev–Trinajstić information content (AvgIpc) is 3.38. The summed E-state index contributed by atoms with van der Waals surface area (Å²) in [4.78, 5) is 15.6. The van der Waals surface area contributed by atoms with Crippen LogP contribution in [0.4, 0.5) is 0 Å². The lowest BCUT2D eigenvalue weighted by atomic mass is 9.90. The Morgan fingerprint density at radius 1 is 1.07 bits per heavy atom. The van der Waals surface area contributed by atoms with Crippen LogP contribution in [0, 0.1) is 0 Å². The molecule has 0 saturated carbocycles. The predicted octanol–water partition coefficient (Wildman–Crippen LogP) is 5.38. The Bertz CT molecular complexity index is 1110. The van der Waals surface area contributed by atoms with Crippen LogP contribution >= 0.6 is 11.6 Å². The van der Waals surface area contributed by atoms with Gasteiger partial charge in [-0.1, -0.05) is 48.0 Å². The molecular weight excluding hydrogens is 372 g/mol. The van der Waals surface area contributed by atoms with E-state index in [4.69, 9.17) is 16.0 Å². The van der Waals surface area contributed by atoms with Gasteiger partial charge in [-0.15, -0.1) is 0 Å². The summed E-state index contributed by atoms with van der Waals surface area (Å²) in [5.41, 5.74) is 3.13. The molecule has 0 aliphatic heterocycles. The summed E-state index contributed by atoms with van der Waals surface area (Å²) in [5.74, 6) is 0.369. The first-order chi connectivity index (χ1) is 13.7. The minimum atomic E-state index is -0.187. The Morgan fingerprint density at radius 2 is 1.89 bits per heavy atom. The van der Waals surface area contributed by atoms with Gasteiger partial charge in [0, 0.05) is 40.7 Å². The maximum Gasteiger partial charge on any atom is 0.244 e. The molecule has 4 rings (SSSR count). The molecule has 2 aromatic heterocycles. The number of carbonyl (C=O) groups is 1. The van der Waals surface area contributed by atoms with Gasteiger partial charge >= 0.3 is 0 Å². The number of hydrogen-bond acceptors (Lipinski definition) is 2. The molecular formula is C23H19ClN2O2. The van der Waals surface area contributed by atoms with E-state index in [1.54, 1.807) is 24.5 Å². The summed E-state index contributed by atoms with van der Waals surface area (Å²) in [6, 6.07) is 19.4. The third kappa shape index (κ3) is 3.87. The van der Waals surface area contributed by atoms with Gasteiger partial charge in [0.15, 0.2) is 0 Å². The number of amides is 1. The minimum absolute atomic E-state index is 0.0780. The van der Waals surface area contributed by atoms with E-state index >= 15 is 0 Å². The minimum Gasteiger partial charge on any atom is -0.465 e. The molecule has 28 heavy (non-hydrogen) atoms. The van der Waals surface area contributed by atoms with Crippen LogP contribution in [0.25, 0.3) is 17.0 Å². The zero-order valence-corrected chi connectivity index (χ0v) is 15.8. The lowest BCUT2D eigenvalue weighted by molar-refractivity contribution is -0.116. The summed E-state index contributed by atoms with van der Waals surface area (Å²) >= 11 is 6.48. The molecule has 5 heteroatoms. The van der Waals surface area contributed by atoms with E-state index in [1.165, 1.54) is 6.08 Å². The van der Waals surface area contributed by atoms with Gasteiger partial charge < -0.3 is 14.7 Å². The van der Waals surface area contributed by atoms with E-state index in [1.807, 2.05) is 48.7 Å². The Balaban J connectivity index is 1.61. The SMILES string of the molecule is O=C(/C=C/c1ccco1)NC[C@H](c1ccccc1Cl)c1c[nH]c2ccccc12. The van der Waals surface area contributed by atoms with E-state index in [0.717, 1.165) is 22.0 Å². The predicted molar refractivity (Wildman–Crippen MR) is 112 cm³/mol. The molecule has 0 bridgehead atoms. The van der Waals surface area contributed by atoms with Crippen LogP contribution in [-0.2, 0) is 4.79 Å². The number of benzene rings is 2. The van der Waals surface area contributed by atoms with Crippen LogP contribution in [0.15, 0.2) is 83.6 Å². The van der Waals surface area contributed by atoms with Gasteiger partial charge in [-0.2, -0.15) is 0 Å². The van der Waals surface area contributed by atoms with E-state index in [-0.39, 0.29) is 11.8 Å². The zero-order chi connectivity index (χ0) is 19.3. The monoisotopic (exact) mass is 390 g/mol. The van der Waals surface area contributed by atoms with Gasteiger partial charge in [0.1, 0.15) is 5.76 Å². The highest BCUT2D eigenvalue weighted by Gasteiger charge is 2.20. The smallest absolute Gasteiger partial charge is 0.244 e. The van der Waals surface area contributed by atoms with E-state index in [9.17, 15) is 4.79 Å². The summed E-state index contributed by atoms with van der Waals surface area (Å²) in [7, 11) is 0. The molecule has 0 aliphatic rings. The van der Waals surface area contributed by atoms with Crippen molar-refractivity contribution in [3.05, 3.63) is 101 Å². The second kappa shape index (κ2) is 8.19. The first-order valence-electron chi connectivity index (χ1n) is 9.02. The first-order valence-corrected chi connectivity index (χ1v) is 9.40. The van der Waals surface area contributed by atoms with Gasteiger partial charge in [-0.25, -0.2) is 0 Å². The maximum absolute atomic E-state index is 12.3. The third-order valence-corrected chi connectivity index (χ3v) is 5.04. The lowest BCUT2D eigenvalue weighted by Crippen LogP contribution is -2.27. The van der Waals surface area contributed by atoms with E-state index in [0.29, 0.717) is 17.3 Å². The van der Waals surface area contributed by atoms with Gasteiger partial charge in [-0.05, 0) is 41.5 Å². The van der Waals surface area contributed by atoms with Gasteiger partial charge in [0.05, 0.1) is 6.26 Å². The largest absolute Gasteiger partial charge is 0.465 e. The highest BCUT2D eigenvalue weighted by Crippen LogP contribution is 2.34. The maximum atomic E-state index is 12.3. The fourth-order valence-corrected chi connectivity index (χ4v) is 3.60. The first kappa shape index (κ1) is 18.1. The second-order valence-corrected chi connectivity index (χ2v) is 6.86. The number of furan rings is 1. The van der Waals surface area contributed by atoms with Crippen molar-refractivity contribution in [2.45, 2.75) is 5.92 Å². The summed E-state index contributed by atoms with van der Waals surface area (Å²) < 4.78 is 5.21. The quantitative estimate of drug-likeness (QED) is 0.434. The number of aromatic amines is 1. The van der Waals surface area contributed by atoms with Crippen molar-refractivity contribution in [3.8, 4) is 0 Å². The highest BCUT2D eigenvalue weighted by molar-refractivity contribution is 6.31. The third-order valence-electron chi connectivity index (χ3n) is 4.70. The summed E-state index contributed by atoms with van der Waals surface area (Å²) in [5, 5.41) is 4.78. The fourth-order valence-electron chi connectivity index (χ4n) is 3.33. The van der Waals surface area contributed by atoms with Gasteiger partial charge in [0.2, 0.25) is 5.91 Å². The molecule has 1 atom stereocenters. The molecule has 0 saturated heterocycles. The number of fused-ring (bicyclic) bond motifs is 1. The summed E-state index contributed by atoms with van der Waals surface area (Å²) in [6.45, 7) is 0.424. The van der Waals surface area contributed by atoms with Crippen LogP contribution in [0.5, 0.6) is 0 Å². The molecule has 2 N–H and O–H groups in total. The number of para-hydroxylation sites is 1. The van der Waals surface area contributed by atoms with Crippen LogP contribution in [0.1, 0.15) is 22.8 Å². The van der Waals surface area contributed by atoms with E-state index < -0.39 is 0 Å². The Labute approximate surface area is 167 Å². The van der Waals surface area contributed by atoms with Crippen molar-refractivity contribution >= 4 is 34.5 Å². The molecule has 140 valence electrons. The topological polar surface area (TPSA) is 58.0 Å². The number of aromatic nitrogens is 1. The zero-order valence-electron chi connectivity index (χ0n) is 15.1. The number of rotatable bonds is 6. The lowest BCUT2D eigenvalue weighted by Gasteiger charge is -2.19. The Hall–Kier alpha value is -3.24. The Morgan fingerprint density at radius 3 is 2.71 bits per heavy atom. The molecule has 0 radical (unpaired) electrons. The van der Waals surface area contributed by atoms with Crippen LogP contribution in [0.3, 0.4) is 0 Å². The second-order valence-electron chi connectivity index (χ2n) is 6.46. The molecule has 2 heterocycles. The van der Waals surface area contributed by atoms with Crippen LogP contribution < -0.4 is 5.32 Å². The van der Waals surface area contributed by atoms with Crippen molar-refractivity contribution in [2.75, 3.05) is 6.54 Å². The molecule has 0 fully saturated rings. The standard InChI is InChI=1S/C23H19ClN2O2/c24-21-9-3-1-7-17(21)19(20-14-25-22-10-4-2-8-18(20)22)15-26-23(27)12-11-16-6-5-13-28-16/h1-14,19,25H,15H2,(H,26,27)/b12-11+/t19-/m1/s1. The van der Waals surface area contributed by atoms with Crippen molar-refractivity contribution in [2.24, 2.45) is 0 Å². The normalized spacial score (nSPS) is 12.5. The number of hydrogen-bond donors (Lipinski definition) is 2. The van der Waals surface area contributed by atoms with Gasteiger partial charge in [-0.3, -0.25) is 4.79 Å². The van der Waals surface area contributed by atoms with E-state index in [2.05, 4.69) is 16.4 Å². The number of carbonyl (C=O) groups excluding carboxylic acids is 1. The number of halogens is 1. The summed E-state index contributed by atoms with van der Waals surface area (Å²) in [6.07, 6.45) is 6.68. The van der Waals surface area contributed by atoms with Crippen LogP contribution in [-0.4, -0.2) is 17.4 Å². The van der Waals surface area contributed by atoms with Crippen molar-refractivity contribution in [3.63, 3.8) is 0 Å². The molecule has 4 nitrogen and oxygen atoms in total. The molecule has 2 aromatic carbocycles. The Kier molecular flexibility index (Phi) is 5.31. The molecule has 0 spiro atoms. The molecule has 4 aromatic rings. The number of H-pyrrole nitrogens is 1. The highest BCUT2D eigenvalue weighted by atomic mass is 35.5. The van der Waals surface area contributed by atoms with Crippen molar-refractivity contribution < 1.29 is 9.21 Å². The molecule has 0 aliphatic carbocycles. The van der Waals surface area contributed by atoms with Crippen molar-refractivity contribution in [1.82, 2.24) is 10.3 Å². The fraction of sp³-hybridized carbons (Fsp3) is 0.0870. The molecule has 0 unspecified atom stereocenters. The van der Waals surface area contributed by atoms with Gasteiger partial charge in [0.25, 0.3) is 0 Å². The number of nitrogens with one attached hydrogen (secondary N) is 2. The molecule has 1 amide bonds. The van der Waals surface area contributed by atoms with Crippen molar-refractivity contribution in [1.29, 1.82) is 0 Å². The average molecular weight is 391 g/mol.